The van der Waals surface area contributed by atoms with Crippen molar-refractivity contribution in [1.29, 1.82) is 0 Å². The molecule has 0 bridgehead atoms. The van der Waals surface area contributed by atoms with Crippen LogP contribution in [0.15, 0.2) is 108 Å². The van der Waals surface area contributed by atoms with Gasteiger partial charge in [0.15, 0.2) is 0 Å². The highest BCUT2D eigenvalue weighted by atomic mass is 32.2. The molecule has 0 aromatic rings. The lowest BCUT2D eigenvalue weighted by Crippen LogP contribution is -2.39. The zero-order valence-corrected chi connectivity index (χ0v) is 20.6. The zero-order chi connectivity index (χ0) is 24.4. The molecule has 0 heterocycles. The Morgan fingerprint density at radius 1 is 0.938 bits per heavy atom. The standard InChI is InChI=1S/C26H36N2O3S/c1-7-13-16-19-23(11-5)27-26(29)22-28(24(12-6)20-17-14-8-2)32(30,31)25(18-10-4)21-15-9-3/h8-21H,5,7,22H2,1-4,6H3,(H,27,29)/b14-8-,15-9-,16-13-,18-10-,20-17-,23-19+,24-12+,25-21+. The fraction of sp³-hybridized carbons (Fsp3) is 0.269. The number of nitrogens with zero attached hydrogens (tertiary/aromatic N) is 1. The van der Waals surface area contributed by atoms with E-state index in [-0.39, 0.29) is 4.91 Å². The Hall–Kier alpha value is -3.12. The van der Waals surface area contributed by atoms with Crippen LogP contribution in [0.2, 0.25) is 0 Å². The molecule has 0 atom stereocenters. The van der Waals surface area contributed by atoms with Gasteiger partial charge in [-0.1, -0.05) is 68.2 Å². The summed E-state index contributed by atoms with van der Waals surface area (Å²) in [4.78, 5) is 12.9. The smallest absolute Gasteiger partial charge is 0.264 e. The van der Waals surface area contributed by atoms with E-state index >= 15 is 0 Å². The van der Waals surface area contributed by atoms with Gasteiger partial charge in [-0.3, -0.25) is 9.10 Å². The number of sulfonamides is 1. The first-order valence-corrected chi connectivity index (χ1v) is 12.0. The predicted molar refractivity (Wildman–Crippen MR) is 137 cm³/mol. The second kappa shape index (κ2) is 16.6. The molecule has 5 nitrogen and oxygen atoms in total. The molecule has 0 fully saturated rings. The van der Waals surface area contributed by atoms with Crippen LogP contribution in [0.1, 0.15) is 41.0 Å². The Morgan fingerprint density at radius 2 is 1.62 bits per heavy atom. The molecular formula is C26H36N2O3S. The number of nitrogens with one attached hydrogen (secondary N) is 1. The summed E-state index contributed by atoms with van der Waals surface area (Å²) < 4.78 is 28.1. The molecule has 0 saturated carbocycles. The van der Waals surface area contributed by atoms with Gasteiger partial charge in [0, 0.05) is 11.4 Å². The highest BCUT2D eigenvalue weighted by molar-refractivity contribution is 7.93. The summed E-state index contributed by atoms with van der Waals surface area (Å²) >= 11 is 0. The molecule has 0 aliphatic carbocycles. The molecule has 1 N–H and O–H groups in total. The van der Waals surface area contributed by atoms with Crippen molar-refractivity contribution in [2.24, 2.45) is 0 Å². The second-order valence-corrected chi connectivity index (χ2v) is 8.28. The zero-order valence-electron chi connectivity index (χ0n) is 19.8. The molecule has 0 saturated heterocycles. The van der Waals surface area contributed by atoms with E-state index in [0.717, 1.165) is 10.7 Å². The van der Waals surface area contributed by atoms with E-state index in [2.05, 4.69) is 11.9 Å². The first-order chi connectivity index (χ1) is 15.3. The van der Waals surface area contributed by atoms with Crippen molar-refractivity contribution >= 4 is 15.9 Å². The summed E-state index contributed by atoms with van der Waals surface area (Å²) in [6.07, 6.45) is 24.5. The molecule has 0 aliphatic rings. The van der Waals surface area contributed by atoms with Gasteiger partial charge in [0.25, 0.3) is 10.0 Å². The summed E-state index contributed by atoms with van der Waals surface area (Å²) in [6, 6.07) is 0. The van der Waals surface area contributed by atoms with Gasteiger partial charge in [0.2, 0.25) is 5.91 Å². The molecular weight excluding hydrogens is 420 g/mol. The van der Waals surface area contributed by atoms with E-state index in [4.69, 9.17) is 0 Å². The van der Waals surface area contributed by atoms with Gasteiger partial charge in [-0.25, -0.2) is 8.42 Å². The minimum Gasteiger partial charge on any atom is -0.325 e. The van der Waals surface area contributed by atoms with Gasteiger partial charge in [-0.05, 0) is 64.5 Å². The number of rotatable bonds is 13. The predicted octanol–water partition coefficient (Wildman–Crippen LogP) is 5.84. The average molecular weight is 457 g/mol. The van der Waals surface area contributed by atoms with E-state index in [1.807, 2.05) is 32.1 Å². The molecule has 0 spiro atoms. The van der Waals surface area contributed by atoms with Crippen LogP contribution in [0.3, 0.4) is 0 Å². The number of hydrogen-bond acceptors (Lipinski definition) is 3. The lowest BCUT2D eigenvalue weighted by Gasteiger charge is -2.25. The van der Waals surface area contributed by atoms with Crippen molar-refractivity contribution < 1.29 is 13.2 Å². The Labute approximate surface area is 194 Å². The van der Waals surface area contributed by atoms with Crippen LogP contribution in [0, 0.1) is 0 Å². The Bertz CT molecular complexity index is 957. The van der Waals surface area contributed by atoms with Crippen LogP contribution in [-0.2, 0) is 14.8 Å². The maximum absolute atomic E-state index is 13.5. The lowest BCUT2D eigenvalue weighted by atomic mass is 10.3. The highest BCUT2D eigenvalue weighted by Crippen LogP contribution is 2.21. The van der Waals surface area contributed by atoms with Crippen molar-refractivity contribution in [3.05, 3.63) is 108 Å². The van der Waals surface area contributed by atoms with Gasteiger partial charge < -0.3 is 5.32 Å². The van der Waals surface area contributed by atoms with Crippen molar-refractivity contribution in [2.45, 2.75) is 41.0 Å². The molecule has 0 rings (SSSR count). The van der Waals surface area contributed by atoms with Gasteiger partial charge in [0.05, 0.1) is 4.91 Å². The van der Waals surface area contributed by atoms with Gasteiger partial charge in [0.1, 0.15) is 6.54 Å². The Kier molecular flexibility index (Phi) is 14.9. The van der Waals surface area contributed by atoms with E-state index in [0.29, 0.717) is 11.4 Å². The third-order valence-electron chi connectivity index (χ3n) is 3.96. The molecule has 6 heteroatoms. The quantitative estimate of drug-likeness (QED) is 0.354. The summed E-state index contributed by atoms with van der Waals surface area (Å²) in [5.74, 6) is -0.478. The third-order valence-corrected chi connectivity index (χ3v) is 5.75. The minimum atomic E-state index is -4.01. The monoisotopic (exact) mass is 456 g/mol. The highest BCUT2D eigenvalue weighted by Gasteiger charge is 2.28. The van der Waals surface area contributed by atoms with E-state index in [1.54, 1.807) is 69.4 Å². The van der Waals surface area contributed by atoms with Gasteiger partial charge >= 0.3 is 0 Å². The SMILES string of the molecule is C=C/C(=C\C=C/CC)NC(=O)CN(C(/C=C\C=C/C)=C/C)S(=O)(=O)C(/C=C\C)=C/C=C\C. The first-order valence-electron chi connectivity index (χ1n) is 10.5. The molecule has 0 aromatic carbocycles. The van der Waals surface area contributed by atoms with Gasteiger partial charge in [-0.2, -0.15) is 0 Å². The minimum absolute atomic E-state index is 0.0787. The van der Waals surface area contributed by atoms with Crippen molar-refractivity contribution in [3.8, 4) is 0 Å². The molecule has 0 aliphatic heterocycles. The fourth-order valence-corrected chi connectivity index (χ4v) is 3.96. The van der Waals surface area contributed by atoms with Crippen molar-refractivity contribution in [2.75, 3.05) is 6.54 Å². The molecule has 0 radical (unpaired) electrons. The van der Waals surface area contributed by atoms with Gasteiger partial charge in [-0.15, -0.1) is 0 Å². The van der Waals surface area contributed by atoms with Crippen LogP contribution in [0.4, 0.5) is 0 Å². The number of allylic oxidation sites excluding steroid dienone is 14. The second-order valence-electron chi connectivity index (χ2n) is 6.42. The molecule has 1 amide bonds. The number of hydrogen-bond donors (Lipinski definition) is 1. The van der Waals surface area contributed by atoms with E-state index in [1.165, 1.54) is 18.2 Å². The maximum Gasteiger partial charge on any atom is 0.264 e. The largest absolute Gasteiger partial charge is 0.325 e. The molecule has 32 heavy (non-hydrogen) atoms. The van der Waals surface area contributed by atoms with Crippen LogP contribution < -0.4 is 5.32 Å². The fourth-order valence-electron chi connectivity index (χ4n) is 2.41. The Balaban J connectivity index is 6.30. The summed E-state index contributed by atoms with van der Waals surface area (Å²) in [7, 11) is -4.01. The van der Waals surface area contributed by atoms with Crippen LogP contribution in [-0.4, -0.2) is 25.2 Å². The van der Waals surface area contributed by atoms with Crippen molar-refractivity contribution in [3.63, 3.8) is 0 Å². The molecule has 0 unspecified atom stereocenters. The summed E-state index contributed by atoms with van der Waals surface area (Å²) in [5, 5.41) is 2.72. The van der Waals surface area contributed by atoms with E-state index < -0.39 is 22.5 Å². The van der Waals surface area contributed by atoms with Crippen LogP contribution in [0.5, 0.6) is 0 Å². The van der Waals surface area contributed by atoms with Crippen LogP contribution >= 0.6 is 0 Å². The lowest BCUT2D eigenvalue weighted by molar-refractivity contribution is -0.120. The molecule has 0 aromatic heterocycles. The average Bonchev–Trinajstić information content (AvgIpc) is 2.77. The third kappa shape index (κ3) is 10.3. The normalized spacial score (nSPS) is 14.5. The number of carbonyl (C=O) groups excluding carboxylic acids is 1. The topological polar surface area (TPSA) is 66.5 Å². The number of amides is 1. The van der Waals surface area contributed by atoms with Crippen molar-refractivity contribution in [1.82, 2.24) is 9.62 Å². The summed E-state index contributed by atoms with van der Waals surface area (Å²) in [5.41, 5.74) is 0.866. The first kappa shape index (κ1) is 28.9. The Morgan fingerprint density at radius 3 is 2.16 bits per heavy atom. The summed E-state index contributed by atoms with van der Waals surface area (Å²) in [6.45, 7) is 12.4. The van der Waals surface area contributed by atoms with E-state index in [9.17, 15) is 13.2 Å². The van der Waals surface area contributed by atoms with Crippen LogP contribution in [0.25, 0.3) is 0 Å². The maximum atomic E-state index is 13.5. The number of carbonyl (C=O) groups is 1. The molecule has 174 valence electrons.